The third kappa shape index (κ3) is 6.01. The van der Waals surface area contributed by atoms with Crippen LogP contribution in [0.4, 0.5) is 0 Å². The Morgan fingerprint density at radius 2 is 2.10 bits per heavy atom. The number of pyridine rings is 1. The second kappa shape index (κ2) is 10.0. The van der Waals surface area contributed by atoms with Crippen LogP contribution in [0.1, 0.15) is 22.2 Å². The van der Waals surface area contributed by atoms with Crippen LogP contribution < -0.4 is 10.1 Å². The van der Waals surface area contributed by atoms with E-state index in [1.165, 1.54) is 17.4 Å². The van der Waals surface area contributed by atoms with Crippen molar-refractivity contribution >= 4 is 40.7 Å². The fourth-order valence-electron chi connectivity index (χ4n) is 2.49. The molecule has 1 aromatic carbocycles. The summed E-state index contributed by atoms with van der Waals surface area (Å²) in [6, 6.07) is 12.9. The molecule has 0 aliphatic rings. The highest BCUT2D eigenvalue weighted by Crippen LogP contribution is 2.34. The van der Waals surface area contributed by atoms with Gasteiger partial charge in [0.2, 0.25) is 5.91 Å². The Kier molecular flexibility index (Phi) is 7.16. The first-order valence-corrected chi connectivity index (χ1v) is 10.1. The van der Waals surface area contributed by atoms with Gasteiger partial charge in [0.25, 0.3) is 0 Å². The van der Waals surface area contributed by atoms with Crippen LogP contribution in [-0.2, 0) is 4.79 Å². The lowest BCUT2D eigenvalue weighted by Crippen LogP contribution is -2.26. The molecule has 2 aromatic heterocycles. The molecule has 2 heterocycles. The smallest absolute Gasteiger partial charge is 0.244 e. The molecule has 0 atom stereocenters. The number of ketones is 1. The van der Waals surface area contributed by atoms with Gasteiger partial charge in [-0.05, 0) is 54.5 Å². The van der Waals surface area contributed by atoms with Crippen molar-refractivity contribution in [1.82, 2.24) is 10.3 Å². The summed E-state index contributed by atoms with van der Waals surface area (Å²) in [5, 5.41) is 3.24. The zero-order valence-electron chi connectivity index (χ0n) is 15.7. The van der Waals surface area contributed by atoms with Gasteiger partial charge in [-0.1, -0.05) is 23.7 Å². The van der Waals surface area contributed by atoms with Crippen LogP contribution in [0.25, 0.3) is 16.5 Å². The first-order chi connectivity index (χ1) is 14.0. The Bertz CT molecular complexity index is 1030. The van der Waals surface area contributed by atoms with Gasteiger partial charge in [-0.25, -0.2) is 0 Å². The number of amides is 1. The predicted octanol–water partition coefficient (Wildman–Crippen LogP) is 4.87. The Balaban J connectivity index is 1.53. The summed E-state index contributed by atoms with van der Waals surface area (Å²) >= 11 is 7.65. The van der Waals surface area contributed by atoms with Crippen LogP contribution in [-0.4, -0.2) is 29.8 Å². The highest BCUT2D eigenvalue weighted by molar-refractivity contribution is 7.17. The van der Waals surface area contributed by atoms with Crippen LogP contribution in [0.15, 0.2) is 60.9 Å². The molecular weight excluding hydrogens is 408 g/mol. The molecule has 0 spiro atoms. The third-order valence-corrected chi connectivity index (χ3v) is 5.49. The van der Waals surface area contributed by atoms with Gasteiger partial charge in [0.1, 0.15) is 12.4 Å². The lowest BCUT2D eigenvalue weighted by molar-refractivity contribution is -0.116. The number of hydrogen-bond donors (Lipinski definition) is 1. The van der Waals surface area contributed by atoms with Gasteiger partial charge in [0.15, 0.2) is 5.78 Å². The van der Waals surface area contributed by atoms with E-state index in [-0.39, 0.29) is 18.3 Å². The number of aromatic nitrogens is 1. The second-order valence-electron chi connectivity index (χ2n) is 6.12. The van der Waals surface area contributed by atoms with Gasteiger partial charge in [-0.2, -0.15) is 0 Å². The van der Waals surface area contributed by atoms with E-state index >= 15 is 0 Å². The van der Waals surface area contributed by atoms with Gasteiger partial charge >= 0.3 is 0 Å². The lowest BCUT2D eigenvalue weighted by atomic mass is 10.2. The Labute approximate surface area is 178 Å². The van der Waals surface area contributed by atoms with Crippen molar-refractivity contribution in [3.8, 4) is 16.2 Å². The average molecular weight is 427 g/mol. The number of carbonyl (C=O) groups is 2. The summed E-state index contributed by atoms with van der Waals surface area (Å²) in [6.45, 7) is 2.16. The van der Waals surface area contributed by atoms with Crippen LogP contribution in [0, 0.1) is 0 Å². The number of nitrogens with one attached hydrogen (secondary N) is 1. The largest absolute Gasteiger partial charge is 0.490 e. The molecule has 29 heavy (non-hydrogen) atoms. The minimum atomic E-state index is -0.215. The van der Waals surface area contributed by atoms with E-state index in [4.69, 9.17) is 16.3 Å². The predicted molar refractivity (Wildman–Crippen MR) is 117 cm³/mol. The minimum absolute atomic E-state index is 0.0417. The van der Waals surface area contributed by atoms with E-state index in [2.05, 4.69) is 10.3 Å². The number of hydrogen-bond acceptors (Lipinski definition) is 5. The van der Waals surface area contributed by atoms with Crippen LogP contribution in [0.2, 0.25) is 5.02 Å². The molecule has 0 aliphatic carbocycles. The molecule has 0 aliphatic heterocycles. The first kappa shape index (κ1) is 20.8. The molecular formula is C22H19ClN2O3S. The number of halogens is 1. The first-order valence-electron chi connectivity index (χ1n) is 8.92. The number of benzene rings is 1. The van der Waals surface area contributed by atoms with Crippen molar-refractivity contribution in [3.63, 3.8) is 0 Å². The van der Waals surface area contributed by atoms with Gasteiger partial charge in [0, 0.05) is 23.3 Å². The maximum atomic E-state index is 11.9. The van der Waals surface area contributed by atoms with Gasteiger partial charge in [0.05, 0.1) is 16.4 Å². The van der Waals surface area contributed by atoms with Gasteiger partial charge in [-0.15, -0.1) is 11.3 Å². The molecule has 0 unspecified atom stereocenters. The number of thiophene rings is 1. The molecule has 5 nitrogen and oxygen atoms in total. The number of carbonyl (C=O) groups excluding carboxylic acids is 2. The van der Waals surface area contributed by atoms with E-state index in [0.717, 1.165) is 16.0 Å². The molecule has 148 valence electrons. The summed E-state index contributed by atoms with van der Waals surface area (Å²) < 4.78 is 5.72. The van der Waals surface area contributed by atoms with E-state index in [1.54, 1.807) is 37.5 Å². The standard InChI is InChI=1S/C22H19ClN2O3S/c1-15(26)20-7-8-21(29-20)17-5-6-18(23)19(13-17)28-12-11-25-22(27)9-4-16-3-2-10-24-14-16/h2-10,13-14H,11-12H2,1H3,(H,25,27)/b9-4+. The summed E-state index contributed by atoms with van der Waals surface area (Å²) in [5.74, 6) is 0.356. The summed E-state index contributed by atoms with van der Waals surface area (Å²) in [6.07, 6.45) is 6.50. The van der Waals surface area contributed by atoms with Crippen LogP contribution in [0.5, 0.6) is 5.75 Å². The lowest BCUT2D eigenvalue weighted by Gasteiger charge is -2.10. The SMILES string of the molecule is CC(=O)c1ccc(-c2ccc(Cl)c(OCCNC(=O)/C=C/c3cccnc3)c2)s1. The molecule has 3 aromatic rings. The van der Waals surface area contributed by atoms with Crippen LogP contribution >= 0.6 is 22.9 Å². The summed E-state index contributed by atoms with van der Waals surface area (Å²) in [7, 11) is 0. The Hall–Kier alpha value is -2.96. The van der Waals surface area contributed by atoms with E-state index in [9.17, 15) is 9.59 Å². The van der Waals surface area contributed by atoms with Crippen molar-refractivity contribution in [2.75, 3.05) is 13.2 Å². The third-order valence-electron chi connectivity index (χ3n) is 3.94. The van der Waals surface area contributed by atoms with E-state index in [1.807, 2.05) is 30.3 Å². The molecule has 3 rings (SSSR count). The maximum absolute atomic E-state index is 11.9. The monoisotopic (exact) mass is 426 g/mol. The maximum Gasteiger partial charge on any atom is 0.244 e. The highest BCUT2D eigenvalue weighted by atomic mass is 35.5. The van der Waals surface area contributed by atoms with Crippen molar-refractivity contribution < 1.29 is 14.3 Å². The minimum Gasteiger partial charge on any atom is -0.490 e. The Morgan fingerprint density at radius 3 is 2.83 bits per heavy atom. The summed E-state index contributed by atoms with van der Waals surface area (Å²) in [4.78, 5) is 29.0. The average Bonchev–Trinajstić information content (AvgIpc) is 3.22. The number of Topliss-reactive ketones (excluding diaryl/α,β-unsaturated/α-hetero) is 1. The number of ether oxygens (including phenoxy) is 1. The number of rotatable bonds is 8. The van der Waals surface area contributed by atoms with Crippen molar-refractivity contribution in [1.29, 1.82) is 0 Å². The molecule has 0 radical (unpaired) electrons. The zero-order valence-corrected chi connectivity index (χ0v) is 17.3. The molecule has 0 bridgehead atoms. The molecule has 0 fully saturated rings. The van der Waals surface area contributed by atoms with Crippen molar-refractivity contribution in [2.45, 2.75) is 6.92 Å². The number of nitrogens with zero attached hydrogens (tertiary/aromatic N) is 1. The van der Waals surface area contributed by atoms with Crippen molar-refractivity contribution in [3.05, 3.63) is 76.4 Å². The topological polar surface area (TPSA) is 68.3 Å². The fourth-order valence-corrected chi connectivity index (χ4v) is 3.56. The highest BCUT2D eigenvalue weighted by Gasteiger charge is 2.09. The molecule has 1 N–H and O–H groups in total. The van der Waals surface area contributed by atoms with Gasteiger partial charge in [-0.3, -0.25) is 14.6 Å². The molecule has 7 heteroatoms. The van der Waals surface area contributed by atoms with Crippen molar-refractivity contribution in [2.24, 2.45) is 0 Å². The Morgan fingerprint density at radius 1 is 1.24 bits per heavy atom. The molecule has 0 saturated carbocycles. The molecule has 1 amide bonds. The normalized spacial score (nSPS) is 10.8. The second-order valence-corrected chi connectivity index (χ2v) is 7.62. The quantitative estimate of drug-likeness (QED) is 0.317. The van der Waals surface area contributed by atoms with Crippen LogP contribution in [0.3, 0.4) is 0 Å². The van der Waals surface area contributed by atoms with Gasteiger partial charge < -0.3 is 10.1 Å². The fraction of sp³-hybridized carbons (Fsp3) is 0.136. The molecule has 0 saturated heterocycles. The van der Waals surface area contributed by atoms with E-state index in [0.29, 0.717) is 22.2 Å². The van der Waals surface area contributed by atoms with E-state index < -0.39 is 0 Å². The summed E-state index contributed by atoms with van der Waals surface area (Å²) in [5.41, 5.74) is 1.77. The zero-order chi connectivity index (χ0) is 20.6.